The summed E-state index contributed by atoms with van der Waals surface area (Å²) in [6, 6.07) is 16.8. The third-order valence-corrected chi connectivity index (χ3v) is 7.80. The highest BCUT2D eigenvalue weighted by Crippen LogP contribution is 2.29. The normalized spacial score (nSPS) is 18.5. The second-order valence-electron chi connectivity index (χ2n) is 7.79. The van der Waals surface area contributed by atoms with Crippen molar-refractivity contribution in [3.05, 3.63) is 60.9 Å². The number of piperazine rings is 1. The predicted molar refractivity (Wildman–Crippen MR) is 114 cm³/mol. The molecule has 2 fully saturated rings. The third kappa shape index (κ3) is 3.36. The molecule has 0 unspecified atom stereocenters. The van der Waals surface area contributed by atoms with E-state index >= 15 is 0 Å². The van der Waals surface area contributed by atoms with Crippen LogP contribution in [0.15, 0.2) is 70.2 Å². The minimum Gasteiger partial charge on any atom is -0.464 e. The number of hydrogen-bond donors (Lipinski definition) is 0. The molecule has 0 N–H and O–H groups in total. The van der Waals surface area contributed by atoms with Crippen molar-refractivity contribution in [2.45, 2.75) is 4.90 Å². The first-order valence-corrected chi connectivity index (χ1v) is 11.5. The summed E-state index contributed by atoms with van der Waals surface area (Å²) in [6.07, 6.45) is 1.54. The van der Waals surface area contributed by atoms with E-state index in [0.717, 1.165) is 18.5 Å². The zero-order valence-corrected chi connectivity index (χ0v) is 17.3. The minimum atomic E-state index is -3.60. The summed E-state index contributed by atoms with van der Waals surface area (Å²) in [6.45, 7) is 3.37. The predicted octanol–water partition coefficient (Wildman–Crippen LogP) is 2.40. The number of fused-ring (bicyclic) bond motifs is 1. The van der Waals surface area contributed by atoms with Crippen LogP contribution < -0.4 is 4.90 Å². The van der Waals surface area contributed by atoms with Crippen LogP contribution in [-0.2, 0) is 14.8 Å². The Morgan fingerprint density at radius 3 is 2.40 bits per heavy atom. The standard InChI is InChI=1S/C22H23N3O4S/c26-22(24-11-9-23(10-12-24)19-4-2-1-3-5-19)18-15-25(16-18)30(27,28)20-6-7-21-17(14-20)8-13-29-21/h1-8,13-14,18H,9-12,15-16H2. The van der Waals surface area contributed by atoms with Gasteiger partial charge in [0.2, 0.25) is 15.9 Å². The lowest BCUT2D eigenvalue weighted by atomic mass is 10.0. The fraction of sp³-hybridized carbons (Fsp3) is 0.318. The summed E-state index contributed by atoms with van der Waals surface area (Å²) in [7, 11) is -3.60. The molecule has 30 heavy (non-hydrogen) atoms. The first-order valence-electron chi connectivity index (χ1n) is 10.1. The summed E-state index contributed by atoms with van der Waals surface area (Å²) in [5.74, 6) is -0.208. The van der Waals surface area contributed by atoms with Gasteiger partial charge in [-0.15, -0.1) is 0 Å². The second kappa shape index (κ2) is 7.45. The smallest absolute Gasteiger partial charge is 0.243 e. The van der Waals surface area contributed by atoms with Crippen LogP contribution in [-0.4, -0.2) is 62.8 Å². The molecule has 8 heteroatoms. The summed E-state index contributed by atoms with van der Waals surface area (Å²) in [4.78, 5) is 17.2. The Morgan fingerprint density at radius 1 is 0.933 bits per heavy atom. The number of rotatable bonds is 4. The van der Waals surface area contributed by atoms with Crippen LogP contribution in [0.25, 0.3) is 11.0 Å². The lowest BCUT2D eigenvalue weighted by Gasteiger charge is -2.42. The van der Waals surface area contributed by atoms with Gasteiger partial charge in [0.05, 0.1) is 17.1 Å². The first-order chi connectivity index (χ1) is 14.5. The zero-order chi connectivity index (χ0) is 20.7. The lowest BCUT2D eigenvalue weighted by molar-refractivity contribution is -0.139. The summed E-state index contributed by atoms with van der Waals surface area (Å²) < 4.78 is 32.4. The van der Waals surface area contributed by atoms with Crippen molar-refractivity contribution >= 4 is 32.6 Å². The van der Waals surface area contributed by atoms with Crippen molar-refractivity contribution in [2.24, 2.45) is 5.92 Å². The molecule has 1 aromatic heterocycles. The molecule has 0 atom stereocenters. The molecule has 0 bridgehead atoms. The monoisotopic (exact) mass is 425 g/mol. The van der Waals surface area contributed by atoms with E-state index in [1.54, 1.807) is 24.3 Å². The van der Waals surface area contributed by atoms with E-state index in [2.05, 4.69) is 17.0 Å². The lowest BCUT2D eigenvalue weighted by Crippen LogP contribution is -2.59. The molecule has 0 radical (unpaired) electrons. The van der Waals surface area contributed by atoms with Crippen LogP contribution >= 0.6 is 0 Å². The van der Waals surface area contributed by atoms with Gasteiger partial charge in [-0.25, -0.2) is 8.42 Å². The van der Waals surface area contributed by atoms with Gasteiger partial charge in [-0.1, -0.05) is 18.2 Å². The number of nitrogens with zero attached hydrogens (tertiary/aromatic N) is 3. The van der Waals surface area contributed by atoms with Gasteiger partial charge in [-0.3, -0.25) is 4.79 Å². The Balaban J connectivity index is 1.19. The van der Waals surface area contributed by atoms with Gasteiger partial charge in [0.1, 0.15) is 5.58 Å². The summed E-state index contributed by atoms with van der Waals surface area (Å²) >= 11 is 0. The van der Waals surface area contributed by atoms with Gasteiger partial charge in [0, 0.05) is 50.3 Å². The Labute approximate surface area is 175 Å². The Morgan fingerprint density at radius 2 is 1.67 bits per heavy atom. The SMILES string of the molecule is O=C(C1CN(S(=O)(=O)c2ccc3occc3c2)C1)N1CCN(c2ccccc2)CC1. The highest BCUT2D eigenvalue weighted by atomic mass is 32.2. The molecular weight excluding hydrogens is 402 g/mol. The van der Waals surface area contributed by atoms with Crippen LogP contribution in [0.5, 0.6) is 0 Å². The second-order valence-corrected chi connectivity index (χ2v) is 9.72. The molecule has 2 aliphatic rings. The maximum Gasteiger partial charge on any atom is 0.243 e. The first kappa shape index (κ1) is 19.1. The summed E-state index contributed by atoms with van der Waals surface area (Å²) in [5, 5.41) is 0.750. The summed E-state index contributed by atoms with van der Waals surface area (Å²) in [5.41, 5.74) is 1.82. The van der Waals surface area contributed by atoms with E-state index in [4.69, 9.17) is 4.42 Å². The largest absolute Gasteiger partial charge is 0.464 e. The quantitative estimate of drug-likeness (QED) is 0.642. The molecule has 3 aromatic rings. The molecule has 2 saturated heterocycles. The molecule has 3 heterocycles. The van der Waals surface area contributed by atoms with E-state index in [-0.39, 0.29) is 29.8 Å². The number of hydrogen-bond acceptors (Lipinski definition) is 5. The fourth-order valence-electron chi connectivity index (χ4n) is 4.13. The number of carbonyl (C=O) groups excluding carboxylic acids is 1. The molecule has 156 valence electrons. The van der Waals surface area contributed by atoms with Gasteiger partial charge in [0.25, 0.3) is 0 Å². The van der Waals surface area contributed by atoms with Crippen molar-refractivity contribution in [3.63, 3.8) is 0 Å². The van der Waals surface area contributed by atoms with Crippen LogP contribution in [0.1, 0.15) is 0 Å². The molecule has 2 aliphatic heterocycles. The van der Waals surface area contributed by atoms with E-state index in [0.29, 0.717) is 18.7 Å². The van der Waals surface area contributed by atoms with Gasteiger partial charge < -0.3 is 14.2 Å². The van der Waals surface area contributed by atoms with Crippen LogP contribution in [0.3, 0.4) is 0 Å². The van der Waals surface area contributed by atoms with Crippen LogP contribution in [0.4, 0.5) is 5.69 Å². The van der Waals surface area contributed by atoms with E-state index in [1.807, 2.05) is 23.1 Å². The highest BCUT2D eigenvalue weighted by Gasteiger charge is 2.42. The van der Waals surface area contributed by atoms with Gasteiger partial charge in [-0.05, 0) is 36.4 Å². The van der Waals surface area contributed by atoms with E-state index < -0.39 is 10.0 Å². The maximum absolute atomic E-state index is 12.9. The fourth-order valence-corrected chi connectivity index (χ4v) is 5.69. The molecule has 0 spiro atoms. The molecule has 2 aromatic carbocycles. The van der Waals surface area contributed by atoms with Crippen molar-refractivity contribution in [2.75, 3.05) is 44.2 Å². The van der Waals surface area contributed by atoms with Crippen molar-refractivity contribution < 1.29 is 17.6 Å². The van der Waals surface area contributed by atoms with Crippen molar-refractivity contribution in [3.8, 4) is 0 Å². The topological polar surface area (TPSA) is 74.1 Å². The molecule has 7 nitrogen and oxygen atoms in total. The number of amides is 1. The zero-order valence-electron chi connectivity index (χ0n) is 16.5. The Hall–Kier alpha value is -2.84. The van der Waals surface area contributed by atoms with Crippen LogP contribution in [0.2, 0.25) is 0 Å². The number of anilines is 1. The third-order valence-electron chi connectivity index (χ3n) is 5.97. The van der Waals surface area contributed by atoms with E-state index in [1.165, 1.54) is 16.3 Å². The molecule has 0 aliphatic carbocycles. The maximum atomic E-state index is 12.9. The number of benzene rings is 2. The Bertz CT molecular complexity index is 1160. The molecule has 0 saturated carbocycles. The number of furan rings is 1. The average molecular weight is 426 g/mol. The molecular formula is C22H23N3O4S. The Kier molecular flexibility index (Phi) is 4.75. The van der Waals surface area contributed by atoms with Gasteiger partial charge in [-0.2, -0.15) is 4.31 Å². The average Bonchev–Trinajstić information content (AvgIpc) is 3.21. The number of sulfonamides is 1. The minimum absolute atomic E-state index is 0.0550. The van der Waals surface area contributed by atoms with Crippen molar-refractivity contribution in [1.29, 1.82) is 0 Å². The van der Waals surface area contributed by atoms with Gasteiger partial charge in [0.15, 0.2) is 0 Å². The molecule has 1 amide bonds. The molecule has 5 rings (SSSR count). The van der Waals surface area contributed by atoms with Gasteiger partial charge >= 0.3 is 0 Å². The number of carbonyl (C=O) groups is 1. The van der Waals surface area contributed by atoms with Crippen LogP contribution in [0, 0.1) is 5.92 Å². The number of para-hydroxylation sites is 1. The van der Waals surface area contributed by atoms with Crippen molar-refractivity contribution in [1.82, 2.24) is 9.21 Å². The highest BCUT2D eigenvalue weighted by molar-refractivity contribution is 7.89. The van der Waals surface area contributed by atoms with E-state index in [9.17, 15) is 13.2 Å².